The Labute approximate surface area is 133 Å². The van der Waals surface area contributed by atoms with E-state index >= 15 is 0 Å². The third kappa shape index (κ3) is 3.96. The summed E-state index contributed by atoms with van der Waals surface area (Å²) in [6.45, 7) is 0. The third-order valence-corrected chi connectivity index (χ3v) is 3.72. The molecule has 0 spiro atoms. The van der Waals surface area contributed by atoms with E-state index in [0.717, 1.165) is 5.56 Å². The fraction of sp³-hybridized carbons (Fsp3) is 0.200. The first-order valence-electron chi connectivity index (χ1n) is 6.04. The number of halogens is 2. The Morgan fingerprint density at radius 3 is 2.35 bits per heavy atom. The van der Waals surface area contributed by atoms with Gasteiger partial charge in [0.2, 0.25) is 0 Å². The molecule has 0 aromatic heterocycles. The number of nitrogens with two attached hydrogens (primary N) is 1. The van der Waals surface area contributed by atoms with Crippen LogP contribution in [0.15, 0.2) is 53.0 Å². The molecule has 108 valence electrons. The van der Waals surface area contributed by atoms with Crippen LogP contribution in [0.2, 0.25) is 0 Å². The van der Waals surface area contributed by atoms with Gasteiger partial charge in [0.1, 0.15) is 5.75 Å². The molecule has 0 unspecified atom stereocenters. The molecule has 2 aromatic carbocycles. The van der Waals surface area contributed by atoms with E-state index in [9.17, 15) is 10.2 Å². The molecule has 0 saturated heterocycles. The van der Waals surface area contributed by atoms with Gasteiger partial charge in [-0.2, -0.15) is 0 Å². The van der Waals surface area contributed by atoms with Crippen LogP contribution >= 0.6 is 28.3 Å². The second-order valence-corrected chi connectivity index (χ2v) is 5.31. The quantitative estimate of drug-likeness (QED) is 0.786. The number of hydrogen-bond donors (Lipinski definition) is 3. The van der Waals surface area contributed by atoms with E-state index < -0.39 is 12.1 Å². The summed E-state index contributed by atoms with van der Waals surface area (Å²) >= 11 is 3.24. The van der Waals surface area contributed by atoms with E-state index in [4.69, 9.17) is 5.73 Å². The number of hydrogen-bond acceptors (Lipinski definition) is 3. The molecule has 2 aromatic rings. The molecule has 4 N–H and O–H groups in total. The van der Waals surface area contributed by atoms with E-state index in [-0.39, 0.29) is 18.2 Å². The summed E-state index contributed by atoms with van der Waals surface area (Å²) in [4.78, 5) is 0. The SMILES string of the molecule is Cl.N[C@H](c1cccc(Br)c1O)[C@@H](O)Cc1ccccc1. The van der Waals surface area contributed by atoms with Gasteiger partial charge in [-0.15, -0.1) is 12.4 Å². The van der Waals surface area contributed by atoms with Gasteiger partial charge in [-0.05, 0) is 27.6 Å². The van der Waals surface area contributed by atoms with Gasteiger partial charge < -0.3 is 15.9 Å². The highest BCUT2D eigenvalue weighted by Gasteiger charge is 2.21. The lowest BCUT2D eigenvalue weighted by Gasteiger charge is -2.20. The van der Waals surface area contributed by atoms with Gasteiger partial charge in [-0.25, -0.2) is 0 Å². The molecule has 2 rings (SSSR count). The van der Waals surface area contributed by atoms with E-state index in [1.165, 1.54) is 0 Å². The maximum absolute atomic E-state index is 10.2. The summed E-state index contributed by atoms with van der Waals surface area (Å²) < 4.78 is 0.576. The highest BCUT2D eigenvalue weighted by molar-refractivity contribution is 9.10. The van der Waals surface area contributed by atoms with Crippen molar-refractivity contribution in [3.8, 4) is 5.75 Å². The number of para-hydroxylation sites is 1. The van der Waals surface area contributed by atoms with Crippen molar-refractivity contribution in [3.05, 3.63) is 64.1 Å². The van der Waals surface area contributed by atoms with Crippen molar-refractivity contribution >= 4 is 28.3 Å². The molecular weight excluding hydrogens is 342 g/mol. The fourth-order valence-corrected chi connectivity index (χ4v) is 2.37. The predicted octanol–water partition coefficient (Wildman–Crippen LogP) is 3.18. The molecule has 0 aliphatic heterocycles. The van der Waals surface area contributed by atoms with Crippen LogP contribution in [0.1, 0.15) is 17.2 Å². The minimum Gasteiger partial charge on any atom is -0.506 e. The summed E-state index contributed by atoms with van der Waals surface area (Å²) in [5.74, 6) is 0.0853. The Balaban J connectivity index is 0.00000200. The number of aliphatic hydroxyl groups is 1. The van der Waals surface area contributed by atoms with Crippen molar-refractivity contribution in [2.24, 2.45) is 5.73 Å². The smallest absolute Gasteiger partial charge is 0.134 e. The van der Waals surface area contributed by atoms with Gasteiger partial charge in [0, 0.05) is 12.0 Å². The fourth-order valence-electron chi connectivity index (χ4n) is 1.99. The second-order valence-electron chi connectivity index (χ2n) is 4.46. The summed E-state index contributed by atoms with van der Waals surface area (Å²) in [5.41, 5.74) is 7.58. The van der Waals surface area contributed by atoms with Crippen LogP contribution in [-0.2, 0) is 6.42 Å². The molecule has 0 heterocycles. The van der Waals surface area contributed by atoms with Crippen molar-refractivity contribution in [3.63, 3.8) is 0 Å². The Morgan fingerprint density at radius 2 is 1.70 bits per heavy atom. The summed E-state index contributed by atoms with van der Waals surface area (Å²) in [6, 6.07) is 14.3. The highest BCUT2D eigenvalue weighted by Crippen LogP contribution is 2.32. The van der Waals surface area contributed by atoms with Crippen LogP contribution in [0.3, 0.4) is 0 Å². The molecule has 0 saturated carbocycles. The first-order valence-corrected chi connectivity index (χ1v) is 6.84. The van der Waals surface area contributed by atoms with Crippen LogP contribution < -0.4 is 5.73 Å². The van der Waals surface area contributed by atoms with Crippen LogP contribution in [-0.4, -0.2) is 16.3 Å². The Hall–Kier alpha value is -1.07. The highest BCUT2D eigenvalue weighted by atomic mass is 79.9. The van der Waals surface area contributed by atoms with Crippen molar-refractivity contribution in [1.29, 1.82) is 0 Å². The molecule has 5 heteroatoms. The number of benzene rings is 2. The van der Waals surface area contributed by atoms with Crippen molar-refractivity contribution < 1.29 is 10.2 Å². The molecule has 2 atom stereocenters. The average molecular weight is 359 g/mol. The van der Waals surface area contributed by atoms with Crippen molar-refractivity contribution in [2.45, 2.75) is 18.6 Å². The van der Waals surface area contributed by atoms with Gasteiger partial charge in [0.25, 0.3) is 0 Å². The lowest BCUT2D eigenvalue weighted by atomic mass is 9.96. The Morgan fingerprint density at radius 1 is 1.05 bits per heavy atom. The largest absolute Gasteiger partial charge is 0.506 e. The zero-order valence-corrected chi connectivity index (χ0v) is 13.1. The number of phenols is 1. The number of aromatic hydroxyl groups is 1. The zero-order valence-electron chi connectivity index (χ0n) is 10.7. The van der Waals surface area contributed by atoms with Gasteiger partial charge >= 0.3 is 0 Å². The van der Waals surface area contributed by atoms with Crippen LogP contribution in [0.5, 0.6) is 5.75 Å². The molecule has 0 aliphatic carbocycles. The summed E-state index contributed by atoms with van der Waals surface area (Å²) in [6.07, 6.45) is -0.295. The molecule has 3 nitrogen and oxygen atoms in total. The maximum atomic E-state index is 10.2. The molecule has 0 fully saturated rings. The molecule has 20 heavy (non-hydrogen) atoms. The van der Waals surface area contributed by atoms with Crippen LogP contribution in [0, 0.1) is 0 Å². The molecule has 0 aliphatic rings. The maximum Gasteiger partial charge on any atom is 0.134 e. The molecular formula is C15H17BrClNO2. The number of rotatable bonds is 4. The van der Waals surface area contributed by atoms with E-state index in [0.29, 0.717) is 16.5 Å². The van der Waals surface area contributed by atoms with Gasteiger partial charge in [-0.1, -0.05) is 42.5 Å². The molecule has 0 radical (unpaired) electrons. The lowest BCUT2D eigenvalue weighted by Crippen LogP contribution is -2.28. The van der Waals surface area contributed by atoms with Gasteiger partial charge in [-0.3, -0.25) is 0 Å². The lowest BCUT2D eigenvalue weighted by molar-refractivity contribution is 0.143. The van der Waals surface area contributed by atoms with E-state index in [1.54, 1.807) is 18.2 Å². The standard InChI is InChI=1S/C15H16BrNO2.ClH/c16-12-8-4-7-11(15(12)19)14(17)13(18)9-10-5-2-1-3-6-10;/h1-8,13-14,18-19H,9,17H2;1H/t13-,14+;/m0./s1. The van der Waals surface area contributed by atoms with Crippen molar-refractivity contribution in [1.82, 2.24) is 0 Å². The van der Waals surface area contributed by atoms with E-state index in [1.807, 2.05) is 30.3 Å². The first-order chi connectivity index (χ1) is 9.09. The van der Waals surface area contributed by atoms with Gasteiger partial charge in [0.15, 0.2) is 0 Å². The Bertz CT molecular complexity index is 551. The minimum atomic E-state index is -0.748. The monoisotopic (exact) mass is 357 g/mol. The van der Waals surface area contributed by atoms with Crippen LogP contribution in [0.4, 0.5) is 0 Å². The zero-order chi connectivity index (χ0) is 13.8. The second kappa shape index (κ2) is 7.64. The van der Waals surface area contributed by atoms with Gasteiger partial charge in [0.05, 0.1) is 16.6 Å². The van der Waals surface area contributed by atoms with Crippen LogP contribution in [0.25, 0.3) is 0 Å². The normalized spacial score (nSPS) is 13.3. The average Bonchev–Trinajstić information content (AvgIpc) is 2.42. The van der Waals surface area contributed by atoms with E-state index in [2.05, 4.69) is 15.9 Å². The molecule has 0 amide bonds. The topological polar surface area (TPSA) is 66.5 Å². The number of aliphatic hydroxyl groups excluding tert-OH is 1. The van der Waals surface area contributed by atoms with Crippen molar-refractivity contribution in [2.75, 3.05) is 0 Å². The first kappa shape index (κ1) is 17.0. The predicted molar refractivity (Wildman–Crippen MR) is 86.1 cm³/mol. The third-order valence-electron chi connectivity index (χ3n) is 3.08. The minimum absolute atomic E-state index is 0. The number of phenolic OH excluding ortho intramolecular Hbond substituents is 1. The summed E-state index contributed by atoms with van der Waals surface area (Å²) in [7, 11) is 0. The Kier molecular flexibility index (Phi) is 6.49. The molecule has 0 bridgehead atoms. The summed E-state index contributed by atoms with van der Waals surface area (Å²) in [5, 5.41) is 20.1.